The van der Waals surface area contributed by atoms with Crippen molar-refractivity contribution in [2.24, 2.45) is 0 Å². The number of nitrogens with one attached hydrogen (secondary N) is 2. The van der Waals surface area contributed by atoms with Crippen molar-refractivity contribution in [2.75, 3.05) is 20.2 Å². The van der Waals surface area contributed by atoms with Crippen molar-refractivity contribution in [1.82, 2.24) is 20.4 Å². The molecule has 2 aromatic rings. The second kappa shape index (κ2) is 6.96. The van der Waals surface area contributed by atoms with Crippen molar-refractivity contribution >= 4 is 11.8 Å². The first-order valence-electron chi connectivity index (χ1n) is 8.20. The van der Waals surface area contributed by atoms with Crippen molar-refractivity contribution in [3.63, 3.8) is 0 Å². The Morgan fingerprint density at radius 2 is 2.00 bits per heavy atom. The average molecular weight is 342 g/mol. The summed E-state index contributed by atoms with van der Waals surface area (Å²) < 4.78 is 5.20. The van der Waals surface area contributed by atoms with Gasteiger partial charge in [-0.3, -0.25) is 14.7 Å². The molecule has 1 aromatic heterocycles. The molecule has 0 spiro atoms. The van der Waals surface area contributed by atoms with Gasteiger partial charge in [0.1, 0.15) is 11.4 Å². The fourth-order valence-electron chi connectivity index (χ4n) is 3.26. The molecule has 1 aliphatic heterocycles. The molecule has 1 saturated heterocycles. The van der Waals surface area contributed by atoms with Gasteiger partial charge in [-0.15, -0.1) is 0 Å². The SMILES string of the molecule is COc1ccc([C@@H]2CN(C(=O)c3cc(C)[nH]n3)C[C@H]2NC(C)=O)cc1. The topological polar surface area (TPSA) is 87.3 Å². The average Bonchev–Trinajstić information content (AvgIpc) is 3.20. The predicted molar refractivity (Wildman–Crippen MR) is 92.6 cm³/mol. The zero-order valence-corrected chi connectivity index (χ0v) is 14.6. The van der Waals surface area contributed by atoms with Crippen LogP contribution in [0.25, 0.3) is 0 Å². The summed E-state index contributed by atoms with van der Waals surface area (Å²) in [6, 6.07) is 9.34. The Morgan fingerprint density at radius 3 is 2.56 bits per heavy atom. The van der Waals surface area contributed by atoms with E-state index in [1.54, 1.807) is 18.1 Å². The Bertz CT molecular complexity index is 769. The van der Waals surface area contributed by atoms with Crippen LogP contribution in [0, 0.1) is 6.92 Å². The summed E-state index contributed by atoms with van der Waals surface area (Å²) in [5, 5.41) is 9.81. The Balaban J connectivity index is 1.82. The lowest BCUT2D eigenvalue weighted by atomic mass is 9.94. The van der Waals surface area contributed by atoms with Gasteiger partial charge < -0.3 is 15.0 Å². The summed E-state index contributed by atoms with van der Waals surface area (Å²) in [6.45, 7) is 4.34. The van der Waals surface area contributed by atoms with Gasteiger partial charge in [-0.2, -0.15) is 5.10 Å². The highest BCUT2D eigenvalue weighted by molar-refractivity contribution is 5.92. The second-order valence-corrected chi connectivity index (χ2v) is 6.33. The molecule has 1 aromatic carbocycles. The molecule has 0 radical (unpaired) electrons. The molecule has 25 heavy (non-hydrogen) atoms. The monoisotopic (exact) mass is 342 g/mol. The third kappa shape index (κ3) is 3.65. The third-order valence-corrected chi connectivity index (χ3v) is 4.46. The highest BCUT2D eigenvalue weighted by Crippen LogP contribution is 2.30. The van der Waals surface area contributed by atoms with E-state index < -0.39 is 0 Å². The number of aromatic nitrogens is 2. The summed E-state index contributed by atoms with van der Waals surface area (Å²) in [4.78, 5) is 26.0. The molecule has 0 bridgehead atoms. The predicted octanol–water partition coefficient (Wildman–Crippen LogP) is 1.47. The lowest BCUT2D eigenvalue weighted by molar-refractivity contribution is -0.119. The van der Waals surface area contributed by atoms with Crippen LogP contribution in [0.15, 0.2) is 30.3 Å². The molecule has 0 saturated carbocycles. The molecule has 0 aliphatic carbocycles. The number of H-pyrrole nitrogens is 1. The van der Waals surface area contributed by atoms with E-state index in [-0.39, 0.29) is 23.8 Å². The molecular weight excluding hydrogens is 320 g/mol. The van der Waals surface area contributed by atoms with Gasteiger partial charge in [-0.05, 0) is 30.7 Å². The van der Waals surface area contributed by atoms with Gasteiger partial charge in [0.2, 0.25) is 5.91 Å². The Kier molecular flexibility index (Phi) is 4.74. The van der Waals surface area contributed by atoms with Crippen LogP contribution in [0.1, 0.15) is 34.6 Å². The number of aromatic amines is 1. The Morgan fingerprint density at radius 1 is 1.28 bits per heavy atom. The number of nitrogens with zero attached hydrogens (tertiary/aromatic N) is 2. The van der Waals surface area contributed by atoms with Crippen LogP contribution in [0.2, 0.25) is 0 Å². The first-order chi connectivity index (χ1) is 12.0. The zero-order valence-electron chi connectivity index (χ0n) is 14.6. The molecular formula is C18H22N4O3. The summed E-state index contributed by atoms with van der Waals surface area (Å²) in [7, 11) is 1.62. The number of likely N-dealkylation sites (tertiary alicyclic amines) is 1. The number of carbonyl (C=O) groups excluding carboxylic acids is 2. The van der Waals surface area contributed by atoms with Crippen molar-refractivity contribution in [3.8, 4) is 5.75 Å². The van der Waals surface area contributed by atoms with Crippen LogP contribution in [0.4, 0.5) is 0 Å². The van der Waals surface area contributed by atoms with E-state index in [0.29, 0.717) is 18.8 Å². The van der Waals surface area contributed by atoms with Gasteiger partial charge in [-0.1, -0.05) is 12.1 Å². The molecule has 7 heteroatoms. The van der Waals surface area contributed by atoms with Crippen molar-refractivity contribution in [3.05, 3.63) is 47.3 Å². The van der Waals surface area contributed by atoms with Crippen LogP contribution in [-0.2, 0) is 4.79 Å². The standard InChI is InChI=1S/C18H22N4O3/c1-11-8-16(21-20-11)18(24)22-9-15(17(10-22)19-12(2)23)13-4-6-14(25-3)7-5-13/h4-8,15,17H,9-10H2,1-3H3,(H,19,23)(H,20,21)/t15-,17+/m0/s1. The van der Waals surface area contributed by atoms with Crippen molar-refractivity contribution in [2.45, 2.75) is 25.8 Å². The summed E-state index contributed by atoms with van der Waals surface area (Å²) in [5.74, 6) is 0.570. The van der Waals surface area contributed by atoms with Gasteiger partial charge in [-0.25, -0.2) is 0 Å². The van der Waals surface area contributed by atoms with Crippen LogP contribution in [0.3, 0.4) is 0 Å². The zero-order chi connectivity index (χ0) is 18.0. The van der Waals surface area contributed by atoms with Crippen LogP contribution < -0.4 is 10.1 Å². The highest BCUT2D eigenvalue weighted by Gasteiger charge is 2.37. The van der Waals surface area contributed by atoms with Crippen LogP contribution >= 0.6 is 0 Å². The minimum atomic E-state index is -0.130. The molecule has 132 valence electrons. The van der Waals surface area contributed by atoms with E-state index in [1.165, 1.54) is 6.92 Å². The summed E-state index contributed by atoms with van der Waals surface area (Å²) in [5.41, 5.74) is 2.30. The van der Waals surface area contributed by atoms with E-state index in [9.17, 15) is 9.59 Å². The maximum Gasteiger partial charge on any atom is 0.274 e. The minimum Gasteiger partial charge on any atom is -0.497 e. The lowest BCUT2D eigenvalue weighted by Crippen LogP contribution is -2.39. The molecule has 7 nitrogen and oxygen atoms in total. The van der Waals surface area contributed by atoms with Crippen molar-refractivity contribution in [1.29, 1.82) is 0 Å². The summed E-state index contributed by atoms with van der Waals surface area (Å²) >= 11 is 0. The van der Waals surface area contributed by atoms with Gasteiger partial charge >= 0.3 is 0 Å². The Hall–Kier alpha value is -2.83. The number of carbonyl (C=O) groups is 2. The van der Waals surface area contributed by atoms with E-state index in [2.05, 4.69) is 15.5 Å². The normalized spacial score (nSPS) is 19.7. The largest absolute Gasteiger partial charge is 0.497 e. The first kappa shape index (κ1) is 17.0. The van der Waals surface area contributed by atoms with E-state index in [1.807, 2.05) is 31.2 Å². The fraction of sp³-hybridized carbons (Fsp3) is 0.389. The third-order valence-electron chi connectivity index (χ3n) is 4.46. The molecule has 0 unspecified atom stereocenters. The van der Waals surface area contributed by atoms with Gasteiger partial charge in [0.25, 0.3) is 5.91 Å². The van der Waals surface area contributed by atoms with Gasteiger partial charge in [0.05, 0.1) is 13.2 Å². The molecule has 3 rings (SSSR count). The number of hydrogen-bond donors (Lipinski definition) is 2. The molecule has 1 fully saturated rings. The maximum absolute atomic E-state index is 12.7. The number of methoxy groups -OCH3 is 1. The number of hydrogen-bond acceptors (Lipinski definition) is 4. The number of amides is 2. The quantitative estimate of drug-likeness (QED) is 0.881. The van der Waals surface area contributed by atoms with E-state index in [0.717, 1.165) is 17.0 Å². The van der Waals surface area contributed by atoms with Crippen molar-refractivity contribution < 1.29 is 14.3 Å². The van der Waals surface area contributed by atoms with Crippen LogP contribution in [0.5, 0.6) is 5.75 Å². The van der Waals surface area contributed by atoms with Gasteiger partial charge in [0.15, 0.2) is 0 Å². The summed E-state index contributed by atoms with van der Waals surface area (Å²) in [6.07, 6.45) is 0. The fourth-order valence-corrected chi connectivity index (χ4v) is 3.26. The number of benzene rings is 1. The van der Waals surface area contributed by atoms with E-state index >= 15 is 0 Å². The molecule has 2 amide bonds. The lowest BCUT2D eigenvalue weighted by Gasteiger charge is -2.19. The highest BCUT2D eigenvalue weighted by atomic mass is 16.5. The second-order valence-electron chi connectivity index (χ2n) is 6.33. The number of ether oxygens (including phenoxy) is 1. The minimum absolute atomic E-state index is 0.0267. The molecule has 2 N–H and O–H groups in total. The number of rotatable bonds is 4. The smallest absolute Gasteiger partial charge is 0.274 e. The molecule has 1 aliphatic rings. The molecule has 2 atom stereocenters. The number of aryl methyl sites for hydroxylation is 1. The van der Waals surface area contributed by atoms with Crippen LogP contribution in [-0.4, -0.2) is 53.2 Å². The Labute approximate surface area is 146 Å². The first-order valence-corrected chi connectivity index (χ1v) is 8.20. The molecule has 2 heterocycles. The van der Waals surface area contributed by atoms with Gasteiger partial charge in [0, 0.05) is 31.6 Å². The maximum atomic E-state index is 12.7. The van der Waals surface area contributed by atoms with E-state index in [4.69, 9.17) is 4.74 Å².